The van der Waals surface area contributed by atoms with Gasteiger partial charge in [0.2, 0.25) is 0 Å². The minimum atomic E-state index is 0.255. The molecule has 102 valence electrons. The quantitative estimate of drug-likeness (QED) is 0.806. The summed E-state index contributed by atoms with van der Waals surface area (Å²) in [4.78, 5) is 0. The zero-order valence-electron chi connectivity index (χ0n) is 11.4. The molecule has 0 spiro atoms. The van der Waals surface area contributed by atoms with E-state index in [1.54, 1.807) is 7.11 Å². The lowest BCUT2D eigenvalue weighted by atomic mass is 9.88. The monoisotopic (exact) mass is 333 g/mol. The van der Waals surface area contributed by atoms with E-state index in [0.717, 1.165) is 33.6 Å². The fraction of sp³-hybridized carbons (Fsp3) is 0.571. The number of nitrogens with one attached hydrogen (secondary N) is 1. The fourth-order valence-corrected chi connectivity index (χ4v) is 3.43. The van der Waals surface area contributed by atoms with Crippen molar-refractivity contribution in [2.45, 2.75) is 32.7 Å². The average molecular weight is 335 g/mol. The van der Waals surface area contributed by atoms with Crippen molar-refractivity contribution in [3.05, 3.63) is 27.2 Å². The Hall–Kier alpha value is -0.250. The minimum Gasteiger partial charge on any atom is -0.495 e. The predicted octanol–water partition coefficient (Wildman–Crippen LogP) is 4.81. The lowest BCUT2D eigenvalue weighted by molar-refractivity contribution is 0.339. The summed E-state index contributed by atoms with van der Waals surface area (Å²) < 4.78 is 6.41. The standard InChI is InChI=1S/C14H21BrClNO/c1-5-9(6-2)13(17-3)11-7-10(16)8-12(15)14(11)18-4/h7-9,13,17H,5-6H2,1-4H3. The van der Waals surface area contributed by atoms with Gasteiger partial charge in [0.25, 0.3) is 0 Å². The van der Waals surface area contributed by atoms with Gasteiger partial charge in [0.05, 0.1) is 11.6 Å². The highest BCUT2D eigenvalue weighted by Crippen LogP contribution is 2.39. The maximum atomic E-state index is 6.16. The number of hydrogen-bond acceptors (Lipinski definition) is 2. The maximum Gasteiger partial charge on any atom is 0.137 e. The summed E-state index contributed by atoms with van der Waals surface area (Å²) in [6.45, 7) is 4.43. The van der Waals surface area contributed by atoms with Crippen LogP contribution >= 0.6 is 27.5 Å². The first-order valence-corrected chi connectivity index (χ1v) is 7.46. The van der Waals surface area contributed by atoms with Crippen molar-refractivity contribution in [3.8, 4) is 5.75 Å². The third-order valence-electron chi connectivity index (χ3n) is 3.41. The van der Waals surface area contributed by atoms with Crippen LogP contribution in [0.1, 0.15) is 38.3 Å². The van der Waals surface area contributed by atoms with Crippen LogP contribution in [-0.4, -0.2) is 14.2 Å². The SMILES string of the molecule is CCC(CC)C(NC)c1cc(Cl)cc(Br)c1OC. The molecule has 1 rings (SSSR count). The highest BCUT2D eigenvalue weighted by atomic mass is 79.9. The molecule has 0 saturated carbocycles. The van der Waals surface area contributed by atoms with Gasteiger partial charge in [-0.2, -0.15) is 0 Å². The summed E-state index contributed by atoms with van der Waals surface area (Å²) in [5.41, 5.74) is 1.12. The van der Waals surface area contributed by atoms with Crippen LogP contribution in [0, 0.1) is 5.92 Å². The molecule has 1 atom stereocenters. The second kappa shape index (κ2) is 7.37. The number of hydrogen-bond donors (Lipinski definition) is 1. The Morgan fingerprint density at radius 3 is 2.39 bits per heavy atom. The van der Waals surface area contributed by atoms with Crippen molar-refractivity contribution in [3.63, 3.8) is 0 Å². The Bertz CT molecular complexity index is 394. The van der Waals surface area contributed by atoms with Gasteiger partial charge in [-0.25, -0.2) is 0 Å². The molecule has 1 aromatic carbocycles. The fourth-order valence-electron chi connectivity index (χ4n) is 2.43. The van der Waals surface area contributed by atoms with E-state index >= 15 is 0 Å². The summed E-state index contributed by atoms with van der Waals surface area (Å²) in [5, 5.41) is 4.12. The van der Waals surface area contributed by atoms with Crippen LogP contribution in [0.5, 0.6) is 5.75 Å². The second-order valence-electron chi connectivity index (χ2n) is 4.35. The van der Waals surface area contributed by atoms with E-state index < -0.39 is 0 Å². The average Bonchev–Trinajstić information content (AvgIpc) is 2.35. The molecule has 0 fully saturated rings. The molecule has 0 amide bonds. The van der Waals surface area contributed by atoms with Crippen LogP contribution in [0.25, 0.3) is 0 Å². The molecule has 2 nitrogen and oxygen atoms in total. The summed E-state index contributed by atoms with van der Waals surface area (Å²) in [5.74, 6) is 1.43. The molecule has 0 heterocycles. The number of halogens is 2. The molecule has 0 aliphatic rings. The Balaban J connectivity index is 3.27. The van der Waals surface area contributed by atoms with Crippen molar-refractivity contribution in [1.29, 1.82) is 0 Å². The van der Waals surface area contributed by atoms with Gasteiger partial charge in [-0.3, -0.25) is 0 Å². The third kappa shape index (κ3) is 3.40. The summed E-state index contributed by atoms with van der Waals surface area (Å²) >= 11 is 9.67. The Kier molecular flexibility index (Phi) is 6.47. The smallest absolute Gasteiger partial charge is 0.137 e. The largest absolute Gasteiger partial charge is 0.495 e. The van der Waals surface area contributed by atoms with Crippen LogP contribution in [-0.2, 0) is 0 Å². The van der Waals surface area contributed by atoms with Crippen LogP contribution in [0.3, 0.4) is 0 Å². The molecular formula is C14H21BrClNO. The van der Waals surface area contributed by atoms with Crippen molar-refractivity contribution in [2.75, 3.05) is 14.2 Å². The van der Waals surface area contributed by atoms with Gasteiger partial charge in [0.1, 0.15) is 5.75 Å². The van der Waals surface area contributed by atoms with Crippen molar-refractivity contribution >= 4 is 27.5 Å². The summed E-state index contributed by atoms with van der Waals surface area (Å²) in [6, 6.07) is 4.11. The first-order valence-electron chi connectivity index (χ1n) is 6.29. The molecule has 0 aromatic heterocycles. The van der Waals surface area contributed by atoms with Crippen molar-refractivity contribution in [1.82, 2.24) is 5.32 Å². The molecule has 1 unspecified atom stereocenters. The molecule has 1 aromatic rings. The molecule has 0 saturated heterocycles. The lowest BCUT2D eigenvalue weighted by Gasteiger charge is -2.27. The minimum absolute atomic E-state index is 0.255. The molecular weight excluding hydrogens is 314 g/mol. The van der Waals surface area contributed by atoms with E-state index in [9.17, 15) is 0 Å². The third-order valence-corrected chi connectivity index (χ3v) is 4.21. The highest BCUT2D eigenvalue weighted by molar-refractivity contribution is 9.10. The maximum absolute atomic E-state index is 6.16. The normalized spacial score (nSPS) is 12.8. The van der Waals surface area contributed by atoms with E-state index in [0.29, 0.717) is 5.92 Å². The zero-order chi connectivity index (χ0) is 13.7. The van der Waals surface area contributed by atoms with E-state index in [2.05, 4.69) is 35.1 Å². The van der Waals surface area contributed by atoms with Gasteiger partial charge in [-0.15, -0.1) is 0 Å². The zero-order valence-corrected chi connectivity index (χ0v) is 13.7. The van der Waals surface area contributed by atoms with Gasteiger partial charge in [-0.05, 0) is 41.0 Å². The van der Waals surface area contributed by atoms with Crippen LogP contribution in [0.4, 0.5) is 0 Å². The van der Waals surface area contributed by atoms with Crippen LogP contribution < -0.4 is 10.1 Å². The molecule has 1 N–H and O–H groups in total. The Morgan fingerprint density at radius 1 is 1.33 bits per heavy atom. The topological polar surface area (TPSA) is 21.3 Å². The first-order chi connectivity index (χ1) is 8.58. The first kappa shape index (κ1) is 15.8. The highest BCUT2D eigenvalue weighted by Gasteiger charge is 2.23. The van der Waals surface area contributed by atoms with E-state index in [4.69, 9.17) is 16.3 Å². The number of methoxy groups -OCH3 is 1. The van der Waals surface area contributed by atoms with E-state index in [-0.39, 0.29) is 6.04 Å². The van der Waals surface area contributed by atoms with Crippen molar-refractivity contribution < 1.29 is 4.74 Å². The number of benzene rings is 1. The van der Waals surface area contributed by atoms with Gasteiger partial charge in [0, 0.05) is 16.6 Å². The molecule has 0 radical (unpaired) electrons. The van der Waals surface area contributed by atoms with Gasteiger partial charge >= 0.3 is 0 Å². The van der Waals surface area contributed by atoms with Gasteiger partial charge in [0.15, 0.2) is 0 Å². The predicted molar refractivity (Wildman–Crippen MR) is 81.6 cm³/mol. The Labute approximate surface area is 123 Å². The molecule has 18 heavy (non-hydrogen) atoms. The number of rotatable bonds is 6. The molecule has 0 bridgehead atoms. The van der Waals surface area contributed by atoms with Gasteiger partial charge in [-0.1, -0.05) is 38.3 Å². The summed E-state index contributed by atoms with van der Waals surface area (Å²) in [7, 11) is 3.67. The summed E-state index contributed by atoms with van der Waals surface area (Å²) in [6.07, 6.45) is 2.24. The van der Waals surface area contributed by atoms with Crippen molar-refractivity contribution in [2.24, 2.45) is 5.92 Å². The number of ether oxygens (including phenoxy) is 1. The molecule has 0 aliphatic carbocycles. The molecule has 4 heteroatoms. The van der Waals surface area contributed by atoms with Crippen LogP contribution in [0.15, 0.2) is 16.6 Å². The Morgan fingerprint density at radius 2 is 1.94 bits per heavy atom. The lowest BCUT2D eigenvalue weighted by Crippen LogP contribution is -2.25. The van der Waals surface area contributed by atoms with Crippen LogP contribution in [0.2, 0.25) is 5.02 Å². The van der Waals surface area contributed by atoms with E-state index in [1.807, 2.05) is 19.2 Å². The molecule has 0 aliphatic heterocycles. The second-order valence-corrected chi connectivity index (χ2v) is 5.64. The van der Waals surface area contributed by atoms with Gasteiger partial charge < -0.3 is 10.1 Å². The van der Waals surface area contributed by atoms with E-state index in [1.165, 1.54) is 0 Å².